The van der Waals surface area contributed by atoms with Gasteiger partial charge in [0, 0.05) is 38.1 Å². The second-order valence-electron chi connectivity index (χ2n) is 5.77. The molecular weight excluding hydrogens is 286 g/mol. The molecule has 1 aliphatic heterocycles. The molecule has 1 N–H and O–H groups in total. The largest absolute Gasteiger partial charge is 0.352 e. The number of rotatable bonds is 7. The predicted octanol–water partition coefficient (Wildman–Crippen LogP) is 2.09. The topological polar surface area (TPSA) is 54.3 Å². The van der Waals surface area contributed by atoms with Crippen molar-refractivity contribution in [2.24, 2.45) is 7.05 Å². The fraction of sp³-hybridized carbons (Fsp3) is 0.733. The van der Waals surface area contributed by atoms with E-state index in [1.54, 1.807) is 10.5 Å². The summed E-state index contributed by atoms with van der Waals surface area (Å²) in [7, 11) is -1.44. The minimum atomic E-state index is -3.35. The molecule has 6 heteroatoms. The molecule has 1 aliphatic rings. The Morgan fingerprint density at radius 1 is 1.38 bits per heavy atom. The maximum atomic E-state index is 12.8. The molecule has 1 saturated heterocycles. The second kappa shape index (κ2) is 6.94. The molecule has 1 aromatic heterocycles. The lowest BCUT2D eigenvalue weighted by molar-refractivity contribution is 0.379. The van der Waals surface area contributed by atoms with E-state index in [4.69, 9.17) is 0 Å². The van der Waals surface area contributed by atoms with Gasteiger partial charge >= 0.3 is 0 Å². The summed E-state index contributed by atoms with van der Waals surface area (Å²) in [4.78, 5) is 0.429. The van der Waals surface area contributed by atoms with Crippen molar-refractivity contribution in [2.45, 2.75) is 57.0 Å². The van der Waals surface area contributed by atoms with Crippen LogP contribution >= 0.6 is 0 Å². The average molecular weight is 313 g/mol. The third-order valence-electron chi connectivity index (χ3n) is 4.22. The summed E-state index contributed by atoms with van der Waals surface area (Å²) in [6, 6.07) is 1.97. The summed E-state index contributed by atoms with van der Waals surface area (Å²) in [5.74, 6) is 0. The number of nitrogens with one attached hydrogen (secondary N) is 1. The van der Waals surface area contributed by atoms with Crippen molar-refractivity contribution >= 4 is 10.0 Å². The number of sulfonamides is 1. The highest BCUT2D eigenvalue weighted by Gasteiger charge is 2.34. The van der Waals surface area contributed by atoms with Crippen LogP contribution in [0.4, 0.5) is 0 Å². The van der Waals surface area contributed by atoms with E-state index < -0.39 is 10.0 Å². The molecule has 1 unspecified atom stereocenters. The van der Waals surface area contributed by atoms with Gasteiger partial charge in [0.05, 0.1) is 0 Å². The molecule has 1 aromatic rings. The van der Waals surface area contributed by atoms with Crippen LogP contribution in [-0.4, -0.2) is 36.4 Å². The smallest absolute Gasteiger partial charge is 0.244 e. The molecule has 120 valence electrons. The van der Waals surface area contributed by atoms with Gasteiger partial charge in [-0.25, -0.2) is 8.42 Å². The molecule has 1 atom stereocenters. The van der Waals surface area contributed by atoms with E-state index in [9.17, 15) is 8.42 Å². The minimum absolute atomic E-state index is 0.164. The molecule has 2 heterocycles. The summed E-state index contributed by atoms with van der Waals surface area (Å²) < 4.78 is 29.2. The quantitative estimate of drug-likeness (QED) is 0.784. The van der Waals surface area contributed by atoms with Gasteiger partial charge < -0.3 is 9.88 Å². The lowest BCUT2D eigenvalue weighted by Crippen LogP contribution is -2.34. The molecule has 5 nitrogen and oxygen atoms in total. The molecule has 21 heavy (non-hydrogen) atoms. The fourth-order valence-electron chi connectivity index (χ4n) is 2.96. The van der Waals surface area contributed by atoms with Crippen molar-refractivity contribution in [3.05, 3.63) is 18.0 Å². The van der Waals surface area contributed by atoms with Crippen LogP contribution in [0.15, 0.2) is 17.2 Å². The predicted molar refractivity (Wildman–Crippen MR) is 84.6 cm³/mol. The van der Waals surface area contributed by atoms with Crippen molar-refractivity contribution in [3.63, 3.8) is 0 Å². The molecule has 0 aromatic carbocycles. The van der Waals surface area contributed by atoms with Crippen LogP contribution in [0, 0.1) is 0 Å². The lowest BCUT2D eigenvalue weighted by atomic mass is 10.2. The summed E-state index contributed by atoms with van der Waals surface area (Å²) >= 11 is 0. The molecule has 2 rings (SSSR count). The Labute approximate surface area is 128 Å². The maximum absolute atomic E-state index is 12.8. The van der Waals surface area contributed by atoms with Crippen molar-refractivity contribution in [1.82, 2.24) is 14.2 Å². The highest BCUT2D eigenvalue weighted by atomic mass is 32.2. The maximum Gasteiger partial charge on any atom is 0.244 e. The van der Waals surface area contributed by atoms with Crippen molar-refractivity contribution in [1.29, 1.82) is 0 Å². The Balaban J connectivity index is 2.18. The van der Waals surface area contributed by atoms with Crippen molar-refractivity contribution in [3.8, 4) is 0 Å². The van der Waals surface area contributed by atoms with Crippen LogP contribution in [0.1, 0.15) is 45.2 Å². The zero-order valence-electron chi connectivity index (χ0n) is 13.3. The first-order chi connectivity index (χ1) is 10.0. The Kier molecular flexibility index (Phi) is 5.46. The summed E-state index contributed by atoms with van der Waals surface area (Å²) in [5.41, 5.74) is 1.01. The van der Waals surface area contributed by atoms with Gasteiger partial charge in [-0.15, -0.1) is 0 Å². The van der Waals surface area contributed by atoms with Gasteiger partial charge in [0.2, 0.25) is 10.0 Å². The zero-order valence-corrected chi connectivity index (χ0v) is 14.1. The van der Waals surface area contributed by atoms with Gasteiger partial charge in [-0.3, -0.25) is 0 Å². The molecule has 0 aliphatic carbocycles. The standard InChI is InChI=1S/C15H27N3O2S/c1-4-8-16-11-14-10-15(12-17(14)3)21(19,20)18-9-6-7-13(18)5-2/h10,12-13,16H,4-9,11H2,1-3H3. The Hall–Kier alpha value is -0.850. The third-order valence-corrected chi connectivity index (χ3v) is 6.13. The van der Waals surface area contributed by atoms with Crippen molar-refractivity contribution in [2.75, 3.05) is 13.1 Å². The first-order valence-corrected chi connectivity index (χ1v) is 9.32. The number of hydrogen-bond donors (Lipinski definition) is 1. The van der Waals surface area contributed by atoms with E-state index in [1.807, 2.05) is 17.7 Å². The van der Waals surface area contributed by atoms with E-state index in [1.165, 1.54) is 0 Å². The van der Waals surface area contributed by atoms with E-state index in [2.05, 4.69) is 19.2 Å². The number of nitrogens with zero attached hydrogens (tertiary/aromatic N) is 2. The van der Waals surface area contributed by atoms with Crippen LogP contribution < -0.4 is 5.32 Å². The van der Waals surface area contributed by atoms with E-state index in [-0.39, 0.29) is 6.04 Å². The SMILES string of the molecule is CCCNCc1cc(S(=O)(=O)N2CCCC2CC)cn1C. The van der Waals surface area contributed by atoms with E-state index in [0.29, 0.717) is 18.0 Å². The minimum Gasteiger partial charge on any atom is -0.352 e. The van der Waals surface area contributed by atoms with Gasteiger partial charge in [0.15, 0.2) is 0 Å². The highest BCUT2D eigenvalue weighted by Crippen LogP contribution is 2.28. The molecule has 0 amide bonds. The van der Waals surface area contributed by atoms with Gasteiger partial charge in [-0.05, 0) is 38.3 Å². The van der Waals surface area contributed by atoms with Gasteiger partial charge in [-0.1, -0.05) is 13.8 Å². The molecule has 0 saturated carbocycles. The summed E-state index contributed by atoms with van der Waals surface area (Å²) in [6.45, 7) is 6.48. The van der Waals surface area contributed by atoms with Gasteiger partial charge in [0.25, 0.3) is 0 Å². The van der Waals surface area contributed by atoms with Crippen LogP contribution in [0.2, 0.25) is 0 Å². The first-order valence-electron chi connectivity index (χ1n) is 7.88. The molecule has 0 bridgehead atoms. The monoisotopic (exact) mass is 313 g/mol. The lowest BCUT2D eigenvalue weighted by Gasteiger charge is -2.22. The summed E-state index contributed by atoms with van der Waals surface area (Å²) in [6.07, 6.45) is 5.64. The van der Waals surface area contributed by atoms with Crippen molar-refractivity contribution < 1.29 is 8.42 Å². The number of aromatic nitrogens is 1. The highest BCUT2D eigenvalue weighted by molar-refractivity contribution is 7.89. The van der Waals surface area contributed by atoms with Crippen LogP contribution in [0.5, 0.6) is 0 Å². The molecule has 1 fully saturated rings. The Morgan fingerprint density at radius 2 is 2.14 bits per heavy atom. The molecular formula is C15H27N3O2S. The second-order valence-corrected chi connectivity index (χ2v) is 7.67. The van der Waals surface area contributed by atoms with E-state index in [0.717, 1.165) is 37.9 Å². The van der Waals surface area contributed by atoms with E-state index >= 15 is 0 Å². The number of aryl methyl sites for hydroxylation is 1. The Bertz CT molecular complexity index is 565. The normalized spacial score (nSPS) is 20.2. The molecule has 0 radical (unpaired) electrons. The molecule has 0 spiro atoms. The number of hydrogen-bond acceptors (Lipinski definition) is 3. The van der Waals surface area contributed by atoms with Crippen LogP contribution in [0.3, 0.4) is 0 Å². The van der Waals surface area contributed by atoms with Crippen LogP contribution in [-0.2, 0) is 23.6 Å². The third kappa shape index (κ3) is 3.49. The summed E-state index contributed by atoms with van der Waals surface area (Å²) in [5, 5.41) is 3.32. The fourth-order valence-corrected chi connectivity index (χ4v) is 4.82. The van der Waals surface area contributed by atoms with Crippen LogP contribution in [0.25, 0.3) is 0 Å². The zero-order chi connectivity index (χ0) is 15.5. The first kappa shape index (κ1) is 16.5. The van der Waals surface area contributed by atoms with Gasteiger partial charge in [0.1, 0.15) is 4.90 Å². The average Bonchev–Trinajstić information content (AvgIpc) is 3.06. The Morgan fingerprint density at radius 3 is 2.81 bits per heavy atom. The van der Waals surface area contributed by atoms with Gasteiger partial charge in [-0.2, -0.15) is 4.31 Å².